The van der Waals surface area contributed by atoms with Gasteiger partial charge < -0.3 is 4.74 Å². The van der Waals surface area contributed by atoms with Crippen molar-refractivity contribution in [1.29, 1.82) is 0 Å². The number of nitrogens with zero attached hydrogens (tertiary/aromatic N) is 1. The van der Waals surface area contributed by atoms with Gasteiger partial charge in [0.15, 0.2) is 0 Å². The molecule has 5 heteroatoms. The maximum Gasteiger partial charge on any atom is 0.137 e. The molecule has 0 aliphatic rings. The number of benzene rings is 1. The summed E-state index contributed by atoms with van der Waals surface area (Å²) in [5.41, 5.74) is 4.45. The van der Waals surface area contributed by atoms with Crippen LogP contribution >= 0.6 is 0 Å². The molecule has 0 saturated carbocycles. The second kappa shape index (κ2) is 6.98. The van der Waals surface area contributed by atoms with Crippen molar-refractivity contribution in [1.82, 2.24) is 10.4 Å². The molecular formula is C15H18FN3O. The van der Waals surface area contributed by atoms with Gasteiger partial charge in [0, 0.05) is 6.20 Å². The minimum absolute atomic E-state index is 0.256. The van der Waals surface area contributed by atoms with Gasteiger partial charge in [-0.2, -0.15) is 0 Å². The van der Waals surface area contributed by atoms with Gasteiger partial charge in [0.1, 0.15) is 11.6 Å². The molecule has 20 heavy (non-hydrogen) atoms. The van der Waals surface area contributed by atoms with E-state index >= 15 is 0 Å². The fourth-order valence-electron chi connectivity index (χ4n) is 1.93. The molecule has 0 fully saturated rings. The van der Waals surface area contributed by atoms with Crippen molar-refractivity contribution >= 4 is 0 Å². The molecule has 1 unspecified atom stereocenters. The molecule has 1 heterocycles. The number of hydrazine groups is 1. The van der Waals surface area contributed by atoms with Crippen molar-refractivity contribution in [3.8, 4) is 5.75 Å². The fourth-order valence-corrected chi connectivity index (χ4v) is 1.93. The van der Waals surface area contributed by atoms with Crippen LogP contribution in [0.4, 0.5) is 4.39 Å². The van der Waals surface area contributed by atoms with Crippen LogP contribution in [0.3, 0.4) is 0 Å². The summed E-state index contributed by atoms with van der Waals surface area (Å²) in [4.78, 5) is 4.15. The number of hydrogen-bond acceptors (Lipinski definition) is 4. The Morgan fingerprint density at radius 1 is 1.25 bits per heavy atom. The first-order chi connectivity index (χ1) is 9.74. The van der Waals surface area contributed by atoms with Crippen LogP contribution < -0.4 is 16.0 Å². The maximum atomic E-state index is 13.0. The molecule has 0 bridgehead atoms. The minimum Gasteiger partial charge on any atom is -0.492 e. The Balaban J connectivity index is 2.24. The predicted molar refractivity (Wildman–Crippen MR) is 75.6 cm³/mol. The molecule has 1 aromatic heterocycles. The first kappa shape index (κ1) is 14.4. The van der Waals surface area contributed by atoms with Crippen LogP contribution in [0.5, 0.6) is 5.75 Å². The molecule has 0 amide bonds. The summed E-state index contributed by atoms with van der Waals surface area (Å²) < 4.78 is 18.5. The van der Waals surface area contributed by atoms with E-state index in [9.17, 15) is 4.39 Å². The summed E-state index contributed by atoms with van der Waals surface area (Å²) in [7, 11) is 0. The summed E-state index contributed by atoms with van der Waals surface area (Å²) in [6.45, 7) is 2.68. The van der Waals surface area contributed by atoms with Crippen molar-refractivity contribution in [2.45, 2.75) is 19.4 Å². The van der Waals surface area contributed by atoms with Crippen molar-refractivity contribution in [2.24, 2.45) is 5.84 Å². The maximum absolute atomic E-state index is 13.0. The van der Waals surface area contributed by atoms with Crippen molar-refractivity contribution in [3.63, 3.8) is 0 Å². The van der Waals surface area contributed by atoms with Gasteiger partial charge in [-0.3, -0.25) is 10.8 Å². The van der Waals surface area contributed by atoms with Crippen molar-refractivity contribution in [2.75, 3.05) is 6.61 Å². The first-order valence-electron chi connectivity index (χ1n) is 6.54. The highest BCUT2D eigenvalue weighted by atomic mass is 19.1. The van der Waals surface area contributed by atoms with E-state index in [1.54, 1.807) is 24.5 Å². The Bertz CT molecular complexity index is 545. The Labute approximate surface area is 117 Å². The lowest BCUT2D eigenvalue weighted by molar-refractivity contribution is 0.315. The van der Waals surface area contributed by atoms with Crippen molar-refractivity contribution in [3.05, 3.63) is 59.7 Å². The minimum atomic E-state index is -0.275. The van der Waals surface area contributed by atoms with Crippen molar-refractivity contribution < 1.29 is 9.13 Å². The average Bonchev–Trinajstić information content (AvgIpc) is 2.48. The Morgan fingerprint density at radius 3 is 2.65 bits per heavy atom. The summed E-state index contributed by atoms with van der Waals surface area (Å²) >= 11 is 0. The topological polar surface area (TPSA) is 60.2 Å². The standard InChI is InChI=1S/C15H18FN3O/c1-2-7-20-14-8-12(9-18-10-14)15(19-17)11-3-5-13(16)6-4-11/h3-6,8-10,15,19H,2,7,17H2,1H3. The van der Waals surface area contributed by atoms with Crippen LogP contribution in [0.2, 0.25) is 0 Å². The third-order valence-corrected chi connectivity index (χ3v) is 2.91. The third kappa shape index (κ3) is 3.53. The van der Waals surface area contributed by atoms with Crippen LogP contribution in [-0.2, 0) is 0 Å². The Hall–Kier alpha value is -1.98. The molecule has 0 aliphatic carbocycles. The summed E-state index contributed by atoms with van der Waals surface area (Å²) in [5, 5.41) is 0. The molecule has 1 atom stereocenters. The lowest BCUT2D eigenvalue weighted by Gasteiger charge is -2.17. The van der Waals surface area contributed by atoms with E-state index in [4.69, 9.17) is 10.6 Å². The van der Waals surface area contributed by atoms with Gasteiger partial charge in [-0.25, -0.2) is 9.82 Å². The van der Waals surface area contributed by atoms with Gasteiger partial charge in [-0.05, 0) is 35.7 Å². The van der Waals surface area contributed by atoms with Gasteiger partial charge in [0.05, 0.1) is 18.8 Å². The summed E-state index contributed by atoms with van der Waals surface area (Å²) in [6.07, 6.45) is 4.31. The average molecular weight is 275 g/mol. The zero-order valence-corrected chi connectivity index (χ0v) is 11.3. The Kier molecular flexibility index (Phi) is 5.03. The monoisotopic (exact) mass is 275 g/mol. The molecule has 0 saturated heterocycles. The molecule has 0 spiro atoms. The van der Waals surface area contributed by atoms with Gasteiger partial charge in [-0.15, -0.1) is 0 Å². The largest absolute Gasteiger partial charge is 0.492 e. The van der Waals surface area contributed by atoms with Gasteiger partial charge in [-0.1, -0.05) is 19.1 Å². The van der Waals surface area contributed by atoms with E-state index < -0.39 is 0 Å². The number of ether oxygens (including phenoxy) is 1. The van der Waals surface area contributed by atoms with E-state index in [-0.39, 0.29) is 11.9 Å². The molecular weight excluding hydrogens is 257 g/mol. The molecule has 0 radical (unpaired) electrons. The number of aromatic nitrogens is 1. The zero-order valence-electron chi connectivity index (χ0n) is 11.3. The summed E-state index contributed by atoms with van der Waals surface area (Å²) in [6, 6.07) is 7.83. The number of nitrogens with two attached hydrogens (primary N) is 1. The highest BCUT2D eigenvalue weighted by molar-refractivity contribution is 5.34. The lowest BCUT2D eigenvalue weighted by Crippen LogP contribution is -2.29. The normalized spacial score (nSPS) is 12.2. The molecule has 3 N–H and O–H groups in total. The third-order valence-electron chi connectivity index (χ3n) is 2.91. The van der Waals surface area contributed by atoms with Crippen LogP contribution in [-0.4, -0.2) is 11.6 Å². The van der Waals surface area contributed by atoms with E-state index in [0.29, 0.717) is 12.4 Å². The number of pyridine rings is 1. The van der Waals surface area contributed by atoms with E-state index in [1.165, 1.54) is 12.1 Å². The number of nitrogens with one attached hydrogen (secondary N) is 1. The van der Waals surface area contributed by atoms with Crippen LogP contribution in [0.25, 0.3) is 0 Å². The zero-order chi connectivity index (χ0) is 14.4. The van der Waals surface area contributed by atoms with Crippen LogP contribution in [0.1, 0.15) is 30.5 Å². The molecule has 4 nitrogen and oxygen atoms in total. The van der Waals surface area contributed by atoms with Gasteiger partial charge in [0.25, 0.3) is 0 Å². The molecule has 2 aromatic rings. The highest BCUT2D eigenvalue weighted by Crippen LogP contribution is 2.24. The number of hydrogen-bond donors (Lipinski definition) is 2. The van der Waals surface area contributed by atoms with Crippen LogP contribution in [0, 0.1) is 5.82 Å². The predicted octanol–water partition coefficient (Wildman–Crippen LogP) is 2.56. The lowest BCUT2D eigenvalue weighted by atomic mass is 10.0. The van der Waals surface area contributed by atoms with E-state index in [0.717, 1.165) is 17.5 Å². The Morgan fingerprint density at radius 2 is 2.00 bits per heavy atom. The first-order valence-corrected chi connectivity index (χ1v) is 6.54. The molecule has 0 aliphatic heterocycles. The molecule has 1 aromatic carbocycles. The molecule has 2 rings (SSSR count). The second-order valence-corrected chi connectivity index (χ2v) is 4.45. The van der Waals surface area contributed by atoms with Crippen LogP contribution in [0.15, 0.2) is 42.7 Å². The van der Waals surface area contributed by atoms with Gasteiger partial charge >= 0.3 is 0 Å². The number of rotatable bonds is 6. The molecule has 106 valence electrons. The second-order valence-electron chi connectivity index (χ2n) is 4.45. The number of halogens is 1. The quantitative estimate of drug-likeness (QED) is 0.628. The van der Waals surface area contributed by atoms with E-state index in [1.807, 2.05) is 13.0 Å². The summed E-state index contributed by atoms with van der Waals surface area (Å²) in [5.74, 6) is 6.04. The van der Waals surface area contributed by atoms with E-state index in [2.05, 4.69) is 10.4 Å². The smallest absolute Gasteiger partial charge is 0.137 e. The SMILES string of the molecule is CCCOc1cncc(C(NN)c2ccc(F)cc2)c1. The fraction of sp³-hybridized carbons (Fsp3) is 0.267. The van der Waals surface area contributed by atoms with Gasteiger partial charge in [0.2, 0.25) is 0 Å². The highest BCUT2D eigenvalue weighted by Gasteiger charge is 2.13.